The van der Waals surface area contributed by atoms with E-state index in [1.54, 1.807) is 26.0 Å². The molecule has 144 valence electrons. The monoisotopic (exact) mass is 409 g/mol. The minimum atomic E-state index is -3.59. The molecular weight excluding hydrogens is 390 g/mol. The summed E-state index contributed by atoms with van der Waals surface area (Å²) in [4.78, 5) is 24.2. The number of nitrogens with zero attached hydrogens (tertiary/aromatic N) is 1. The zero-order chi connectivity index (χ0) is 20.0. The average molecular weight is 410 g/mol. The fraction of sp³-hybridized carbons (Fsp3) is 0.222. The van der Waals surface area contributed by atoms with Gasteiger partial charge in [0.15, 0.2) is 0 Å². The van der Waals surface area contributed by atoms with E-state index in [0.717, 1.165) is 0 Å². The van der Waals surface area contributed by atoms with E-state index in [-0.39, 0.29) is 10.5 Å². The topological polar surface area (TPSA) is 95.6 Å². The summed E-state index contributed by atoms with van der Waals surface area (Å²) >= 11 is 5.76. The number of amides is 2. The van der Waals surface area contributed by atoms with Crippen LogP contribution in [0.4, 0.5) is 0 Å². The summed E-state index contributed by atoms with van der Waals surface area (Å²) in [6.07, 6.45) is 0. The van der Waals surface area contributed by atoms with Crippen molar-refractivity contribution in [1.29, 1.82) is 0 Å². The number of nitrogens with one attached hydrogen (secondary N) is 2. The molecule has 0 fully saturated rings. The maximum Gasteiger partial charge on any atom is 0.269 e. The Morgan fingerprint density at radius 1 is 0.852 bits per heavy atom. The SMILES string of the molecule is CCN(CC)S(=O)(=O)c1ccc(C(=O)NNC(=O)c2ccc(Cl)cc2)cc1. The zero-order valence-electron chi connectivity index (χ0n) is 14.9. The second-order valence-electron chi connectivity index (χ2n) is 5.53. The second-order valence-corrected chi connectivity index (χ2v) is 7.90. The Kier molecular flexibility index (Phi) is 6.95. The molecule has 0 saturated heterocycles. The molecule has 0 aliphatic heterocycles. The first-order chi connectivity index (χ1) is 12.8. The van der Waals surface area contributed by atoms with Crippen LogP contribution < -0.4 is 10.9 Å². The molecule has 2 amide bonds. The van der Waals surface area contributed by atoms with Crippen molar-refractivity contribution in [3.05, 3.63) is 64.7 Å². The van der Waals surface area contributed by atoms with Crippen molar-refractivity contribution in [2.24, 2.45) is 0 Å². The normalized spacial score (nSPS) is 11.3. The standard InChI is InChI=1S/C18H20ClN3O4S/c1-3-22(4-2)27(25,26)16-11-7-14(8-12-16)18(24)21-20-17(23)13-5-9-15(19)10-6-13/h5-12H,3-4H2,1-2H3,(H,20,23)(H,21,24). The highest BCUT2D eigenvalue weighted by molar-refractivity contribution is 7.89. The molecule has 2 rings (SSSR count). The Hall–Kier alpha value is -2.42. The Bertz CT molecular complexity index is 909. The van der Waals surface area contributed by atoms with E-state index in [1.807, 2.05) is 0 Å². The van der Waals surface area contributed by atoms with Gasteiger partial charge in [-0.3, -0.25) is 20.4 Å². The van der Waals surface area contributed by atoms with Gasteiger partial charge >= 0.3 is 0 Å². The predicted octanol–water partition coefficient (Wildman–Crippen LogP) is 2.45. The van der Waals surface area contributed by atoms with Gasteiger partial charge in [0.25, 0.3) is 11.8 Å². The van der Waals surface area contributed by atoms with Gasteiger partial charge in [0, 0.05) is 29.2 Å². The molecular formula is C18H20ClN3O4S. The van der Waals surface area contributed by atoms with E-state index >= 15 is 0 Å². The smallest absolute Gasteiger partial charge is 0.267 e. The van der Waals surface area contributed by atoms with Gasteiger partial charge in [0.05, 0.1) is 4.90 Å². The number of sulfonamides is 1. The van der Waals surface area contributed by atoms with Crippen LogP contribution in [0.25, 0.3) is 0 Å². The molecule has 7 nitrogen and oxygen atoms in total. The minimum Gasteiger partial charge on any atom is -0.267 e. The van der Waals surface area contributed by atoms with Gasteiger partial charge in [0.1, 0.15) is 0 Å². The molecule has 27 heavy (non-hydrogen) atoms. The maximum atomic E-state index is 12.4. The van der Waals surface area contributed by atoms with Crippen LogP contribution >= 0.6 is 11.6 Å². The molecule has 0 saturated carbocycles. The molecule has 0 aliphatic rings. The highest BCUT2D eigenvalue weighted by Crippen LogP contribution is 2.16. The van der Waals surface area contributed by atoms with E-state index in [9.17, 15) is 18.0 Å². The van der Waals surface area contributed by atoms with Crippen LogP contribution in [0.2, 0.25) is 5.02 Å². The van der Waals surface area contributed by atoms with Crippen molar-refractivity contribution < 1.29 is 18.0 Å². The lowest BCUT2D eigenvalue weighted by Gasteiger charge is -2.18. The Morgan fingerprint density at radius 3 is 1.67 bits per heavy atom. The molecule has 0 aliphatic carbocycles. The van der Waals surface area contributed by atoms with E-state index in [1.165, 1.54) is 40.7 Å². The van der Waals surface area contributed by atoms with E-state index in [4.69, 9.17) is 11.6 Å². The van der Waals surface area contributed by atoms with Crippen molar-refractivity contribution in [2.75, 3.05) is 13.1 Å². The summed E-state index contributed by atoms with van der Waals surface area (Å²) < 4.78 is 26.2. The van der Waals surface area contributed by atoms with E-state index < -0.39 is 21.8 Å². The molecule has 2 aromatic rings. The van der Waals surface area contributed by atoms with Gasteiger partial charge in [-0.05, 0) is 48.5 Å². The van der Waals surface area contributed by atoms with E-state index in [0.29, 0.717) is 23.7 Å². The zero-order valence-corrected chi connectivity index (χ0v) is 16.5. The lowest BCUT2D eigenvalue weighted by molar-refractivity contribution is 0.0846. The number of halogens is 1. The molecule has 0 bridgehead atoms. The molecule has 0 radical (unpaired) electrons. The molecule has 0 spiro atoms. The fourth-order valence-electron chi connectivity index (χ4n) is 2.35. The first kappa shape index (κ1) is 20.9. The van der Waals surface area contributed by atoms with Crippen LogP contribution in [0, 0.1) is 0 Å². The van der Waals surface area contributed by atoms with Gasteiger partial charge in [0.2, 0.25) is 10.0 Å². The summed E-state index contributed by atoms with van der Waals surface area (Å²) in [6.45, 7) is 4.23. The average Bonchev–Trinajstić information content (AvgIpc) is 2.67. The van der Waals surface area contributed by atoms with Gasteiger partial charge < -0.3 is 0 Å². The third kappa shape index (κ3) is 5.06. The lowest BCUT2D eigenvalue weighted by Crippen LogP contribution is -2.41. The highest BCUT2D eigenvalue weighted by atomic mass is 35.5. The highest BCUT2D eigenvalue weighted by Gasteiger charge is 2.21. The first-order valence-electron chi connectivity index (χ1n) is 8.26. The van der Waals surface area contributed by atoms with Gasteiger partial charge in [-0.2, -0.15) is 4.31 Å². The number of rotatable bonds is 6. The second kappa shape index (κ2) is 8.98. The van der Waals surface area contributed by atoms with Crippen molar-refractivity contribution in [3.63, 3.8) is 0 Å². The van der Waals surface area contributed by atoms with Crippen molar-refractivity contribution in [3.8, 4) is 0 Å². The van der Waals surface area contributed by atoms with Gasteiger partial charge in [-0.1, -0.05) is 25.4 Å². The number of hydrazine groups is 1. The number of hydrogen-bond acceptors (Lipinski definition) is 4. The number of benzene rings is 2. The number of carbonyl (C=O) groups is 2. The quantitative estimate of drug-likeness (QED) is 0.716. The van der Waals surface area contributed by atoms with Crippen molar-refractivity contribution in [2.45, 2.75) is 18.7 Å². The summed E-state index contributed by atoms with van der Waals surface area (Å²) in [7, 11) is -3.59. The van der Waals surface area contributed by atoms with Crippen LogP contribution in [-0.2, 0) is 10.0 Å². The predicted molar refractivity (Wildman–Crippen MR) is 103 cm³/mol. The molecule has 2 N–H and O–H groups in total. The first-order valence-corrected chi connectivity index (χ1v) is 10.1. The van der Waals surface area contributed by atoms with Crippen LogP contribution in [0.5, 0.6) is 0 Å². The molecule has 0 aromatic heterocycles. The van der Waals surface area contributed by atoms with Crippen LogP contribution in [0.3, 0.4) is 0 Å². The molecule has 9 heteroatoms. The van der Waals surface area contributed by atoms with Gasteiger partial charge in [-0.15, -0.1) is 0 Å². The summed E-state index contributed by atoms with van der Waals surface area (Å²) in [5, 5.41) is 0.496. The molecule has 0 atom stereocenters. The largest absolute Gasteiger partial charge is 0.269 e. The van der Waals surface area contributed by atoms with Crippen molar-refractivity contribution >= 4 is 33.4 Å². The third-order valence-corrected chi connectivity index (χ3v) is 6.17. The molecule has 2 aromatic carbocycles. The fourth-order valence-corrected chi connectivity index (χ4v) is 3.93. The van der Waals surface area contributed by atoms with Gasteiger partial charge in [-0.25, -0.2) is 8.42 Å². The summed E-state index contributed by atoms with van der Waals surface area (Å²) in [5.41, 5.74) is 5.12. The van der Waals surface area contributed by atoms with Crippen molar-refractivity contribution in [1.82, 2.24) is 15.2 Å². The number of hydrogen-bond donors (Lipinski definition) is 2. The number of carbonyl (C=O) groups excluding carboxylic acids is 2. The van der Waals surface area contributed by atoms with E-state index in [2.05, 4.69) is 10.9 Å². The summed E-state index contributed by atoms with van der Waals surface area (Å²) in [5.74, 6) is -1.06. The third-order valence-electron chi connectivity index (χ3n) is 3.86. The lowest BCUT2D eigenvalue weighted by atomic mass is 10.2. The maximum absolute atomic E-state index is 12.4. The molecule has 0 heterocycles. The Balaban J connectivity index is 2.03. The Morgan fingerprint density at radius 2 is 1.26 bits per heavy atom. The minimum absolute atomic E-state index is 0.105. The molecule has 0 unspecified atom stereocenters. The Labute approximate surface area is 163 Å². The van der Waals surface area contributed by atoms with Crippen LogP contribution in [-0.4, -0.2) is 37.6 Å². The summed E-state index contributed by atoms with van der Waals surface area (Å²) in [6, 6.07) is 11.7. The van der Waals surface area contributed by atoms with Crippen LogP contribution in [0.1, 0.15) is 34.6 Å². The van der Waals surface area contributed by atoms with Crippen LogP contribution in [0.15, 0.2) is 53.4 Å².